The van der Waals surface area contributed by atoms with Crippen LogP contribution in [0.2, 0.25) is 0 Å². The number of hydrogen-bond donors (Lipinski definition) is 1. The van der Waals surface area contributed by atoms with Crippen molar-refractivity contribution in [3.63, 3.8) is 0 Å². The summed E-state index contributed by atoms with van der Waals surface area (Å²) < 4.78 is 2.36. The van der Waals surface area contributed by atoms with Gasteiger partial charge < -0.3 is 5.11 Å². The predicted octanol–water partition coefficient (Wildman–Crippen LogP) is 4.99. The van der Waals surface area contributed by atoms with Crippen molar-refractivity contribution in [2.75, 3.05) is 0 Å². The number of benzene rings is 2. The highest BCUT2D eigenvalue weighted by atomic mass is 79.9. The van der Waals surface area contributed by atoms with Crippen molar-refractivity contribution in [3.8, 4) is 5.88 Å². The highest BCUT2D eigenvalue weighted by Crippen LogP contribution is 2.36. The number of aromatic nitrogens is 1. The summed E-state index contributed by atoms with van der Waals surface area (Å²) in [7, 11) is 0. The van der Waals surface area contributed by atoms with Crippen molar-refractivity contribution in [1.82, 2.24) is 4.57 Å². The van der Waals surface area contributed by atoms with Gasteiger partial charge in [0.05, 0.1) is 17.1 Å². The fourth-order valence-corrected chi connectivity index (χ4v) is 4.16. The van der Waals surface area contributed by atoms with Crippen LogP contribution in [0.1, 0.15) is 21.6 Å². The minimum Gasteiger partial charge on any atom is -0.493 e. The summed E-state index contributed by atoms with van der Waals surface area (Å²) in [5, 5.41) is 10.6. The molecule has 0 spiro atoms. The van der Waals surface area contributed by atoms with E-state index in [0.717, 1.165) is 43.8 Å². The molecule has 0 bridgehead atoms. The minimum atomic E-state index is -0.180. The standard InChI is InChI=1S/C20H15BrN2O2S/c1-12-3-2-4-13(7-12)11-23-19(24)18(26-20(23)25)8-14-10-22-17-6-5-15(21)9-16(14)17/h2-10,24H,11H2,1H3. The van der Waals surface area contributed by atoms with E-state index in [1.54, 1.807) is 6.21 Å². The molecule has 26 heavy (non-hydrogen) atoms. The molecular weight excluding hydrogens is 412 g/mol. The van der Waals surface area contributed by atoms with Gasteiger partial charge in [0.1, 0.15) is 0 Å². The van der Waals surface area contributed by atoms with Crippen molar-refractivity contribution in [2.24, 2.45) is 4.99 Å². The van der Waals surface area contributed by atoms with Gasteiger partial charge in [-0.25, -0.2) is 0 Å². The van der Waals surface area contributed by atoms with E-state index in [2.05, 4.69) is 20.9 Å². The molecule has 4 rings (SSSR count). The molecule has 0 unspecified atom stereocenters. The van der Waals surface area contributed by atoms with Crippen LogP contribution in [0.4, 0.5) is 5.69 Å². The van der Waals surface area contributed by atoms with Gasteiger partial charge in [0.2, 0.25) is 5.88 Å². The van der Waals surface area contributed by atoms with Crippen LogP contribution in [0.5, 0.6) is 5.88 Å². The highest BCUT2D eigenvalue weighted by molar-refractivity contribution is 9.10. The SMILES string of the molecule is Cc1cccc(Cn2c(O)c(C=C3C=Nc4ccc(Br)cc43)sc2=O)c1. The van der Waals surface area contributed by atoms with Crippen LogP contribution < -0.4 is 4.87 Å². The van der Waals surface area contributed by atoms with E-state index in [-0.39, 0.29) is 10.8 Å². The molecule has 2 heterocycles. The van der Waals surface area contributed by atoms with E-state index in [1.807, 2.05) is 55.5 Å². The lowest BCUT2D eigenvalue weighted by molar-refractivity contribution is 0.420. The number of hydrogen-bond acceptors (Lipinski definition) is 4. The van der Waals surface area contributed by atoms with Gasteiger partial charge in [0, 0.05) is 21.8 Å². The largest absolute Gasteiger partial charge is 0.493 e. The lowest BCUT2D eigenvalue weighted by Gasteiger charge is -2.05. The van der Waals surface area contributed by atoms with Crippen LogP contribution in [-0.4, -0.2) is 15.9 Å². The summed E-state index contributed by atoms with van der Waals surface area (Å²) in [5.41, 5.74) is 4.84. The molecular formula is C20H15BrN2O2S. The molecule has 0 amide bonds. The third kappa shape index (κ3) is 3.18. The molecule has 0 aliphatic carbocycles. The van der Waals surface area contributed by atoms with E-state index >= 15 is 0 Å². The maximum atomic E-state index is 12.4. The van der Waals surface area contributed by atoms with E-state index < -0.39 is 0 Å². The second-order valence-corrected chi connectivity index (χ2v) is 8.06. The molecule has 1 aliphatic heterocycles. The molecule has 2 aromatic carbocycles. The number of allylic oxidation sites excluding steroid dienone is 1. The average Bonchev–Trinajstić information content (AvgIpc) is 3.11. The van der Waals surface area contributed by atoms with Crippen LogP contribution in [0.3, 0.4) is 0 Å². The van der Waals surface area contributed by atoms with Gasteiger partial charge in [-0.15, -0.1) is 0 Å². The first-order chi connectivity index (χ1) is 12.5. The minimum absolute atomic E-state index is 0.00847. The van der Waals surface area contributed by atoms with Crippen molar-refractivity contribution in [2.45, 2.75) is 13.5 Å². The van der Waals surface area contributed by atoms with Crippen LogP contribution >= 0.6 is 27.3 Å². The van der Waals surface area contributed by atoms with E-state index in [0.29, 0.717) is 11.4 Å². The van der Waals surface area contributed by atoms with Crippen LogP contribution in [0.15, 0.2) is 56.7 Å². The summed E-state index contributed by atoms with van der Waals surface area (Å²) >= 11 is 4.50. The molecule has 0 saturated heterocycles. The Morgan fingerprint density at radius 3 is 2.92 bits per heavy atom. The Labute approximate surface area is 162 Å². The fraction of sp³-hybridized carbons (Fsp3) is 0.100. The number of fused-ring (bicyclic) bond motifs is 1. The van der Waals surface area contributed by atoms with Crippen LogP contribution in [0.25, 0.3) is 11.6 Å². The van der Waals surface area contributed by atoms with E-state index in [1.165, 1.54) is 4.57 Å². The maximum absolute atomic E-state index is 12.4. The topological polar surface area (TPSA) is 54.6 Å². The highest BCUT2D eigenvalue weighted by Gasteiger charge is 2.17. The Bertz CT molecular complexity index is 1130. The first-order valence-electron chi connectivity index (χ1n) is 8.05. The zero-order chi connectivity index (χ0) is 18.3. The number of aryl methyl sites for hydroxylation is 1. The molecule has 1 N–H and O–H groups in total. The molecule has 3 aromatic rings. The van der Waals surface area contributed by atoms with Gasteiger partial charge in [-0.3, -0.25) is 14.4 Å². The smallest absolute Gasteiger partial charge is 0.310 e. The third-order valence-corrected chi connectivity index (χ3v) is 5.62. The lowest BCUT2D eigenvalue weighted by atomic mass is 10.1. The molecule has 6 heteroatoms. The van der Waals surface area contributed by atoms with Crippen molar-refractivity contribution < 1.29 is 5.11 Å². The van der Waals surface area contributed by atoms with Gasteiger partial charge in [0.25, 0.3) is 0 Å². The first-order valence-corrected chi connectivity index (χ1v) is 9.66. The molecule has 0 radical (unpaired) electrons. The molecule has 1 aromatic heterocycles. The predicted molar refractivity (Wildman–Crippen MR) is 111 cm³/mol. The molecule has 0 saturated carbocycles. The quantitative estimate of drug-likeness (QED) is 0.640. The van der Waals surface area contributed by atoms with Crippen LogP contribution in [-0.2, 0) is 6.54 Å². The van der Waals surface area contributed by atoms with Crippen molar-refractivity contribution in [3.05, 3.63) is 78.2 Å². The Morgan fingerprint density at radius 1 is 1.27 bits per heavy atom. The first kappa shape index (κ1) is 17.0. The number of rotatable bonds is 3. The van der Waals surface area contributed by atoms with Crippen molar-refractivity contribution in [1.29, 1.82) is 0 Å². The monoisotopic (exact) mass is 426 g/mol. The Morgan fingerprint density at radius 2 is 2.12 bits per heavy atom. The molecule has 0 fully saturated rings. The molecule has 130 valence electrons. The summed E-state index contributed by atoms with van der Waals surface area (Å²) in [6, 6.07) is 13.8. The average molecular weight is 427 g/mol. The number of nitrogens with zero attached hydrogens (tertiary/aromatic N) is 2. The molecule has 0 atom stereocenters. The third-order valence-electron chi connectivity index (χ3n) is 4.22. The summed E-state index contributed by atoms with van der Waals surface area (Å²) in [5.74, 6) is -0.00847. The number of halogens is 1. The number of aliphatic imine (C=N–C) groups is 1. The second kappa shape index (κ2) is 6.70. The van der Waals surface area contributed by atoms with E-state index in [9.17, 15) is 9.90 Å². The van der Waals surface area contributed by atoms with Gasteiger partial charge >= 0.3 is 4.87 Å². The second-order valence-electron chi connectivity index (χ2n) is 6.15. The normalized spacial score (nSPS) is 14.2. The van der Waals surface area contributed by atoms with Crippen LogP contribution in [0, 0.1) is 6.92 Å². The number of aromatic hydroxyl groups is 1. The molecule has 1 aliphatic rings. The summed E-state index contributed by atoms with van der Waals surface area (Å²) in [4.78, 5) is 17.1. The van der Waals surface area contributed by atoms with Gasteiger partial charge in [0.15, 0.2) is 0 Å². The maximum Gasteiger partial charge on any atom is 0.310 e. The van der Waals surface area contributed by atoms with E-state index in [4.69, 9.17) is 0 Å². The van der Waals surface area contributed by atoms with Crippen molar-refractivity contribution >= 4 is 50.8 Å². The summed E-state index contributed by atoms with van der Waals surface area (Å²) in [6.45, 7) is 2.35. The van der Waals surface area contributed by atoms with Gasteiger partial charge in [-0.1, -0.05) is 57.1 Å². The lowest BCUT2D eigenvalue weighted by Crippen LogP contribution is -2.13. The zero-order valence-corrected chi connectivity index (χ0v) is 16.3. The summed E-state index contributed by atoms with van der Waals surface area (Å²) in [6.07, 6.45) is 3.57. The fourth-order valence-electron chi connectivity index (χ4n) is 2.96. The Balaban J connectivity index is 1.71. The number of thiazole rings is 1. The zero-order valence-electron chi connectivity index (χ0n) is 13.9. The molecule has 4 nitrogen and oxygen atoms in total. The Hall–Kier alpha value is -2.44. The van der Waals surface area contributed by atoms with Gasteiger partial charge in [-0.2, -0.15) is 0 Å². The van der Waals surface area contributed by atoms with Gasteiger partial charge in [-0.05, 0) is 36.8 Å². The Kier molecular flexibility index (Phi) is 4.38.